The van der Waals surface area contributed by atoms with Crippen LogP contribution in [0.2, 0.25) is 5.28 Å². The van der Waals surface area contributed by atoms with Crippen LogP contribution in [0.4, 0.5) is 5.95 Å². The van der Waals surface area contributed by atoms with E-state index in [0.29, 0.717) is 0 Å². The molecule has 6 N–H and O–H groups in total. The second-order valence-corrected chi connectivity index (χ2v) is 4.94. The number of halogens is 1. The highest BCUT2D eigenvalue weighted by Crippen LogP contribution is 2.33. The third kappa shape index (κ3) is 2.08. The average molecular weight is 318 g/mol. The van der Waals surface area contributed by atoms with Gasteiger partial charge in [0.25, 0.3) is 5.56 Å². The number of aromatic nitrogens is 4. The molecule has 3 heterocycles. The van der Waals surface area contributed by atoms with Gasteiger partial charge in [-0.25, -0.2) is 4.98 Å². The molecule has 0 aliphatic carbocycles. The summed E-state index contributed by atoms with van der Waals surface area (Å²) in [6.45, 7) is -0.491. The third-order valence-electron chi connectivity index (χ3n) is 3.30. The van der Waals surface area contributed by atoms with Crippen LogP contribution in [0.15, 0.2) is 4.79 Å². The topological polar surface area (TPSA) is 160 Å². The van der Waals surface area contributed by atoms with E-state index in [-0.39, 0.29) is 22.4 Å². The molecule has 0 radical (unpaired) electrons. The van der Waals surface area contributed by atoms with Gasteiger partial charge < -0.3 is 25.8 Å². The number of aromatic amines is 1. The summed E-state index contributed by atoms with van der Waals surface area (Å²) >= 11 is 5.96. The first-order valence-corrected chi connectivity index (χ1v) is 6.37. The summed E-state index contributed by atoms with van der Waals surface area (Å²) in [7, 11) is 0. The van der Waals surface area contributed by atoms with Gasteiger partial charge in [-0.3, -0.25) is 14.3 Å². The molecular formula is C10H12ClN5O5. The first kappa shape index (κ1) is 14.2. The fourth-order valence-electron chi connectivity index (χ4n) is 2.29. The number of imidazole rings is 1. The average Bonchev–Trinajstić information content (AvgIpc) is 2.89. The first-order valence-electron chi connectivity index (χ1n) is 5.99. The van der Waals surface area contributed by atoms with Crippen molar-refractivity contribution in [1.82, 2.24) is 19.5 Å². The zero-order valence-corrected chi connectivity index (χ0v) is 11.2. The van der Waals surface area contributed by atoms with E-state index in [1.54, 1.807) is 0 Å². The van der Waals surface area contributed by atoms with Gasteiger partial charge in [0, 0.05) is 0 Å². The van der Waals surface area contributed by atoms with E-state index in [2.05, 4.69) is 15.0 Å². The molecule has 0 saturated carbocycles. The largest absolute Gasteiger partial charge is 0.394 e. The summed E-state index contributed by atoms with van der Waals surface area (Å²) < 4.78 is 6.49. The Morgan fingerprint density at radius 1 is 1.38 bits per heavy atom. The quantitative estimate of drug-likeness (QED) is 0.396. The van der Waals surface area contributed by atoms with E-state index < -0.39 is 36.7 Å². The number of ether oxygens (including phenoxy) is 1. The van der Waals surface area contributed by atoms with Crippen LogP contribution in [-0.2, 0) is 4.74 Å². The molecule has 114 valence electrons. The van der Waals surface area contributed by atoms with E-state index in [9.17, 15) is 15.0 Å². The van der Waals surface area contributed by atoms with E-state index >= 15 is 0 Å². The predicted octanol–water partition coefficient (Wildman–Crippen LogP) is -2.03. The molecule has 1 saturated heterocycles. The van der Waals surface area contributed by atoms with Crippen molar-refractivity contribution in [2.75, 3.05) is 12.3 Å². The lowest BCUT2D eigenvalue weighted by atomic mass is 10.1. The second kappa shape index (κ2) is 4.93. The van der Waals surface area contributed by atoms with Crippen molar-refractivity contribution in [3.8, 4) is 0 Å². The Bertz CT molecular complexity index is 745. The molecule has 4 atom stereocenters. The highest BCUT2D eigenvalue weighted by atomic mass is 35.5. The molecule has 0 aromatic carbocycles. The minimum absolute atomic E-state index is 0.0103. The molecule has 2 aromatic heterocycles. The Kier molecular flexibility index (Phi) is 3.34. The highest BCUT2D eigenvalue weighted by molar-refractivity contribution is 6.29. The van der Waals surface area contributed by atoms with Crippen LogP contribution >= 0.6 is 11.6 Å². The van der Waals surface area contributed by atoms with Crippen LogP contribution in [0, 0.1) is 0 Å². The van der Waals surface area contributed by atoms with Gasteiger partial charge in [0.05, 0.1) is 6.61 Å². The Morgan fingerprint density at radius 2 is 2.10 bits per heavy atom. The number of nitrogens with one attached hydrogen (secondary N) is 1. The zero-order valence-electron chi connectivity index (χ0n) is 10.5. The summed E-state index contributed by atoms with van der Waals surface area (Å²) in [5.74, 6) is -0.155. The number of hydrogen-bond donors (Lipinski definition) is 5. The van der Waals surface area contributed by atoms with Crippen molar-refractivity contribution in [1.29, 1.82) is 0 Å². The fraction of sp³-hybridized carbons (Fsp3) is 0.500. The van der Waals surface area contributed by atoms with Gasteiger partial charge in [0.15, 0.2) is 17.4 Å². The monoisotopic (exact) mass is 317 g/mol. The van der Waals surface area contributed by atoms with Gasteiger partial charge in [-0.15, -0.1) is 0 Å². The fourth-order valence-corrected chi connectivity index (χ4v) is 2.55. The molecule has 0 bridgehead atoms. The number of aliphatic hydroxyl groups excluding tert-OH is 3. The van der Waals surface area contributed by atoms with Gasteiger partial charge >= 0.3 is 0 Å². The number of nitrogens with zero attached hydrogens (tertiary/aromatic N) is 3. The Balaban J connectivity index is 2.17. The van der Waals surface area contributed by atoms with Crippen molar-refractivity contribution in [2.45, 2.75) is 24.5 Å². The first-order chi connectivity index (χ1) is 9.93. The van der Waals surface area contributed by atoms with E-state index in [0.717, 1.165) is 4.57 Å². The molecule has 1 aliphatic heterocycles. The van der Waals surface area contributed by atoms with Crippen LogP contribution in [0.5, 0.6) is 0 Å². The van der Waals surface area contributed by atoms with Crippen molar-refractivity contribution < 1.29 is 20.1 Å². The maximum Gasteiger partial charge on any atom is 0.280 e. The van der Waals surface area contributed by atoms with Crippen LogP contribution in [-0.4, -0.2) is 59.8 Å². The van der Waals surface area contributed by atoms with Gasteiger partial charge in [0.1, 0.15) is 18.3 Å². The molecule has 0 amide bonds. The molecule has 3 rings (SSSR count). The standard InChI is InChI=1S/C10H12ClN5O5/c11-9-13-3-6(14-10(12)15-7(3)20)16(9)8-5(19)4(18)2(1-17)21-8/h2,4-5,8,17-19H,1H2,(H3,12,14,15,20)/t2-,4-,5-,8-/m1/s1. The minimum atomic E-state index is -1.38. The highest BCUT2D eigenvalue weighted by Gasteiger charge is 2.44. The Hall–Kier alpha value is -1.72. The smallest absolute Gasteiger partial charge is 0.280 e. The SMILES string of the molecule is Nc1nc2c(nc(Cl)n2[C@@H]2O[C@H](CO)[C@@H](O)[C@H]2O)c(=O)[nH]1. The molecule has 0 unspecified atom stereocenters. The summed E-state index contributed by atoms with van der Waals surface area (Å²) in [4.78, 5) is 21.8. The van der Waals surface area contributed by atoms with Crippen molar-refractivity contribution >= 4 is 28.7 Å². The number of hydrogen-bond acceptors (Lipinski definition) is 8. The van der Waals surface area contributed by atoms with Crippen LogP contribution in [0.3, 0.4) is 0 Å². The van der Waals surface area contributed by atoms with Gasteiger partial charge in [-0.05, 0) is 11.6 Å². The molecule has 11 heteroatoms. The lowest BCUT2D eigenvalue weighted by Gasteiger charge is -2.17. The van der Waals surface area contributed by atoms with E-state index in [1.165, 1.54) is 0 Å². The van der Waals surface area contributed by atoms with Crippen LogP contribution < -0.4 is 11.3 Å². The molecular weight excluding hydrogens is 306 g/mol. The van der Waals surface area contributed by atoms with Gasteiger partial charge in [-0.1, -0.05) is 0 Å². The molecule has 1 fully saturated rings. The molecule has 10 nitrogen and oxygen atoms in total. The van der Waals surface area contributed by atoms with Gasteiger partial charge in [-0.2, -0.15) is 4.98 Å². The number of aliphatic hydroxyl groups is 3. The van der Waals surface area contributed by atoms with Gasteiger partial charge in [0.2, 0.25) is 11.2 Å². The maximum atomic E-state index is 11.7. The van der Waals surface area contributed by atoms with Crippen molar-refractivity contribution in [2.24, 2.45) is 0 Å². The second-order valence-electron chi connectivity index (χ2n) is 4.60. The lowest BCUT2D eigenvalue weighted by Crippen LogP contribution is -2.33. The number of nitrogen functional groups attached to an aromatic ring is 1. The maximum absolute atomic E-state index is 11.7. The predicted molar refractivity (Wildman–Crippen MR) is 70.6 cm³/mol. The minimum Gasteiger partial charge on any atom is -0.394 e. The third-order valence-corrected chi connectivity index (χ3v) is 3.56. The number of anilines is 1. The Morgan fingerprint density at radius 3 is 2.71 bits per heavy atom. The normalized spacial score (nSPS) is 29.3. The van der Waals surface area contributed by atoms with E-state index in [1.807, 2.05) is 0 Å². The van der Waals surface area contributed by atoms with Crippen molar-refractivity contribution in [3.05, 3.63) is 15.6 Å². The number of nitrogens with two attached hydrogens (primary N) is 1. The molecule has 0 spiro atoms. The van der Waals surface area contributed by atoms with Crippen LogP contribution in [0.1, 0.15) is 6.23 Å². The summed E-state index contributed by atoms with van der Waals surface area (Å²) in [5.41, 5.74) is 4.81. The number of H-pyrrole nitrogens is 1. The summed E-state index contributed by atoms with van der Waals surface area (Å²) in [6, 6.07) is 0. The lowest BCUT2D eigenvalue weighted by molar-refractivity contribution is -0.0509. The summed E-state index contributed by atoms with van der Waals surface area (Å²) in [6.07, 6.45) is -4.83. The molecule has 2 aromatic rings. The van der Waals surface area contributed by atoms with Crippen LogP contribution in [0.25, 0.3) is 11.2 Å². The number of fused-ring (bicyclic) bond motifs is 1. The van der Waals surface area contributed by atoms with Crippen molar-refractivity contribution in [3.63, 3.8) is 0 Å². The van der Waals surface area contributed by atoms with E-state index in [4.69, 9.17) is 27.2 Å². The number of rotatable bonds is 2. The zero-order chi connectivity index (χ0) is 15.3. The summed E-state index contributed by atoms with van der Waals surface area (Å²) in [5, 5.41) is 28.7. The molecule has 21 heavy (non-hydrogen) atoms. The Labute approximate surface area is 121 Å². The molecule has 1 aliphatic rings.